The van der Waals surface area contributed by atoms with Gasteiger partial charge >= 0.3 is 0 Å². The summed E-state index contributed by atoms with van der Waals surface area (Å²) in [6.45, 7) is 4.34. The van der Waals surface area contributed by atoms with Crippen LogP contribution in [0.3, 0.4) is 0 Å². The monoisotopic (exact) mass is 258 g/mol. The van der Waals surface area contributed by atoms with Gasteiger partial charge in [-0.3, -0.25) is 0 Å². The second-order valence-electron chi connectivity index (χ2n) is 4.85. The van der Waals surface area contributed by atoms with Gasteiger partial charge in [0, 0.05) is 0 Å². The van der Waals surface area contributed by atoms with Gasteiger partial charge in [0.1, 0.15) is 0 Å². The summed E-state index contributed by atoms with van der Waals surface area (Å²) in [5, 5.41) is 8.11. The van der Waals surface area contributed by atoms with E-state index in [1.807, 2.05) is 4.68 Å². The van der Waals surface area contributed by atoms with E-state index in [1.165, 1.54) is 18.4 Å². The van der Waals surface area contributed by atoms with E-state index >= 15 is 0 Å². The Labute approximate surface area is 114 Å². The Hall–Kier alpha value is -1.84. The van der Waals surface area contributed by atoms with E-state index in [9.17, 15) is 0 Å². The van der Waals surface area contributed by atoms with Gasteiger partial charge in [-0.2, -0.15) is 0 Å². The molecule has 2 N–H and O–H groups in total. The molecule has 1 heterocycles. The van der Waals surface area contributed by atoms with E-state index in [1.54, 1.807) is 0 Å². The Balaban J connectivity index is 2.22. The van der Waals surface area contributed by atoms with Crippen LogP contribution in [0.5, 0.6) is 0 Å². The number of aromatic nitrogens is 3. The standard InChI is InChI=1S/C15H22N4/c1-3-5-7-12-8-10-13(11-9-12)19-14(6-4-2)15(16)17-18-19/h8-11H,3-7,16H2,1-2H3. The maximum absolute atomic E-state index is 5.87. The Morgan fingerprint density at radius 2 is 1.79 bits per heavy atom. The predicted molar refractivity (Wildman–Crippen MR) is 78.4 cm³/mol. The van der Waals surface area contributed by atoms with Gasteiger partial charge in [-0.15, -0.1) is 5.10 Å². The van der Waals surface area contributed by atoms with Crippen LogP contribution in [0.1, 0.15) is 44.4 Å². The van der Waals surface area contributed by atoms with Gasteiger partial charge < -0.3 is 5.73 Å². The lowest BCUT2D eigenvalue weighted by Crippen LogP contribution is -2.03. The lowest BCUT2D eigenvalue weighted by Gasteiger charge is -2.07. The SMILES string of the molecule is CCCCc1ccc(-n2nnc(N)c2CCC)cc1. The predicted octanol–water partition coefficient (Wildman–Crippen LogP) is 3.14. The Bertz CT molecular complexity index is 513. The quantitative estimate of drug-likeness (QED) is 0.866. The number of unbranched alkanes of at least 4 members (excludes halogenated alkanes) is 1. The fraction of sp³-hybridized carbons (Fsp3) is 0.467. The molecule has 0 fully saturated rings. The molecule has 4 nitrogen and oxygen atoms in total. The minimum Gasteiger partial charge on any atom is -0.381 e. The van der Waals surface area contributed by atoms with E-state index in [-0.39, 0.29) is 0 Å². The molecule has 0 amide bonds. The van der Waals surface area contributed by atoms with E-state index in [2.05, 4.69) is 48.4 Å². The molecule has 0 aliphatic carbocycles. The van der Waals surface area contributed by atoms with Crippen LogP contribution in [0.25, 0.3) is 5.69 Å². The zero-order chi connectivity index (χ0) is 13.7. The summed E-state index contributed by atoms with van der Waals surface area (Å²) in [5.41, 5.74) is 9.28. The highest BCUT2D eigenvalue weighted by molar-refractivity contribution is 5.41. The lowest BCUT2D eigenvalue weighted by atomic mass is 10.1. The summed E-state index contributed by atoms with van der Waals surface area (Å²) in [4.78, 5) is 0. The summed E-state index contributed by atoms with van der Waals surface area (Å²) < 4.78 is 1.85. The van der Waals surface area contributed by atoms with E-state index in [4.69, 9.17) is 5.73 Å². The third kappa shape index (κ3) is 3.13. The van der Waals surface area contributed by atoms with Crippen LogP contribution in [0, 0.1) is 0 Å². The van der Waals surface area contributed by atoms with Crippen LogP contribution in [0.4, 0.5) is 5.82 Å². The molecule has 0 bridgehead atoms. The number of nitrogen functional groups attached to an aromatic ring is 1. The molecule has 0 saturated heterocycles. The van der Waals surface area contributed by atoms with Crippen molar-refractivity contribution in [3.8, 4) is 5.69 Å². The number of nitrogens with zero attached hydrogens (tertiary/aromatic N) is 3. The van der Waals surface area contributed by atoms with Gasteiger partial charge in [-0.05, 0) is 37.0 Å². The number of nitrogens with two attached hydrogens (primary N) is 1. The summed E-state index contributed by atoms with van der Waals surface area (Å²) in [6, 6.07) is 8.52. The topological polar surface area (TPSA) is 56.7 Å². The minimum atomic E-state index is 0.539. The number of rotatable bonds is 6. The maximum atomic E-state index is 5.87. The zero-order valence-corrected chi connectivity index (χ0v) is 11.8. The maximum Gasteiger partial charge on any atom is 0.169 e. The van der Waals surface area contributed by atoms with Crippen LogP contribution >= 0.6 is 0 Å². The third-order valence-corrected chi connectivity index (χ3v) is 3.28. The number of anilines is 1. The molecule has 2 rings (SSSR count). The number of aryl methyl sites for hydroxylation is 1. The minimum absolute atomic E-state index is 0.539. The normalized spacial score (nSPS) is 10.8. The molecule has 0 aliphatic heterocycles. The van der Waals surface area contributed by atoms with E-state index in [0.717, 1.165) is 30.6 Å². The van der Waals surface area contributed by atoms with Crippen molar-refractivity contribution in [2.75, 3.05) is 5.73 Å². The van der Waals surface area contributed by atoms with Crippen LogP contribution in [0.2, 0.25) is 0 Å². The molecule has 1 aromatic heterocycles. The molecule has 0 saturated carbocycles. The van der Waals surface area contributed by atoms with Crippen molar-refractivity contribution in [1.29, 1.82) is 0 Å². The number of hydrogen-bond acceptors (Lipinski definition) is 3. The highest BCUT2D eigenvalue weighted by atomic mass is 15.4. The molecule has 1 aromatic carbocycles. The first-order valence-electron chi connectivity index (χ1n) is 7.05. The Morgan fingerprint density at radius 3 is 2.42 bits per heavy atom. The van der Waals surface area contributed by atoms with Crippen molar-refractivity contribution >= 4 is 5.82 Å². The molecule has 0 radical (unpaired) electrons. The summed E-state index contributed by atoms with van der Waals surface area (Å²) in [5.74, 6) is 0.539. The smallest absolute Gasteiger partial charge is 0.169 e. The van der Waals surface area contributed by atoms with Crippen molar-refractivity contribution in [2.45, 2.75) is 46.0 Å². The van der Waals surface area contributed by atoms with Gasteiger partial charge in [0.2, 0.25) is 0 Å². The van der Waals surface area contributed by atoms with Gasteiger partial charge in [-0.1, -0.05) is 44.0 Å². The van der Waals surface area contributed by atoms with Crippen LogP contribution in [0.15, 0.2) is 24.3 Å². The Kier molecular flexibility index (Phi) is 4.55. The van der Waals surface area contributed by atoms with Crippen molar-refractivity contribution in [2.24, 2.45) is 0 Å². The Morgan fingerprint density at radius 1 is 1.05 bits per heavy atom. The summed E-state index contributed by atoms with van der Waals surface area (Å²) in [7, 11) is 0. The third-order valence-electron chi connectivity index (χ3n) is 3.28. The molecule has 0 spiro atoms. The van der Waals surface area contributed by atoms with E-state index in [0.29, 0.717) is 5.82 Å². The molecular weight excluding hydrogens is 236 g/mol. The molecule has 4 heteroatoms. The van der Waals surface area contributed by atoms with E-state index < -0.39 is 0 Å². The fourth-order valence-electron chi connectivity index (χ4n) is 2.18. The summed E-state index contributed by atoms with van der Waals surface area (Å²) >= 11 is 0. The largest absolute Gasteiger partial charge is 0.381 e. The number of hydrogen-bond donors (Lipinski definition) is 1. The second kappa shape index (κ2) is 6.36. The first kappa shape index (κ1) is 13.6. The molecule has 102 valence electrons. The lowest BCUT2D eigenvalue weighted by molar-refractivity contribution is 0.744. The van der Waals surface area contributed by atoms with Crippen molar-refractivity contribution in [3.63, 3.8) is 0 Å². The van der Waals surface area contributed by atoms with Crippen LogP contribution in [-0.2, 0) is 12.8 Å². The highest BCUT2D eigenvalue weighted by Crippen LogP contribution is 2.17. The fourth-order valence-corrected chi connectivity index (χ4v) is 2.18. The zero-order valence-electron chi connectivity index (χ0n) is 11.8. The van der Waals surface area contributed by atoms with Gasteiger partial charge in [-0.25, -0.2) is 4.68 Å². The van der Waals surface area contributed by atoms with Gasteiger partial charge in [0.15, 0.2) is 5.82 Å². The molecule has 2 aromatic rings. The highest BCUT2D eigenvalue weighted by Gasteiger charge is 2.10. The molecular formula is C15H22N4. The summed E-state index contributed by atoms with van der Waals surface area (Å²) in [6.07, 6.45) is 5.53. The average molecular weight is 258 g/mol. The average Bonchev–Trinajstić information content (AvgIpc) is 2.79. The van der Waals surface area contributed by atoms with Crippen LogP contribution in [-0.4, -0.2) is 15.0 Å². The molecule has 0 unspecified atom stereocenters. The molecule has 0 atom stereocenters. The second-order valence-corrected chi connectivity index (χ2v) is 4.85. The first-order chi connectivity index (χ1) is 9.26. The van der Waals surface area contributed by atoms with Crippen molar-refractivity contribution in [1.82, 2.24) is 15.0 Å². The van der Waals surface area contributed by atoms with Gasteiger partial charge in [0.25, 0.3) is 0 Å². The van der Waals surface area contributed by atoms with Crippen molar-refractivity contribution < 1.29 is 0 Å². The van der Waals surface area contributed by atoms with Crippen molar-refractivity contribution in [3.05, 3.63) is 35.5 Å². The molecule has 19 heavy (non-hydrogen) atoms. The molecule has 0 aliphatic rings. The number of benzene rings is 1. The van der Waals surface area contributed by atoms with Gasteiger partial charge in [0.05, 0.1) is 11.4 Å². The van der Waals surface area contributed by atoms with Crippen LogP contribution < -0.4 is 5.73 Å². The first-order valence-corrected chi connectivity index (χ1v) is 7.05.